The van der Waals surface area contributed by atoms with E-state index in [1.165, 1.54) is 6.42 Å². The molecule has 1 aromatic rings. The maximum Gasteiger partial charge on any atom is 0.289 e. The van der Waals surface area contributed by atoms with E-state index in [1.54, 1.807) is 12.1 Å². The van der Waals surface area contributed by atoms with Crippen LogP contribution in [-0.4, -0.2) is 23.9 Å². The van der Waals surface area contributed by atoms with Crippen LogP contribution in [0.15, 0.2) is 29.3 Å². The summed E-state index contributed by atoms with van der Waals surface area (Å²) in [6.07, 6.45) is 5.42. The Morgan fingerprint density at radius 2 is 1.76 bits per heavy atom. The zero-order valence-electron chi connectivity index (χ0n) is 11.9. The fraction of sp³-hybridized carbons (Fsp3) is 0.438. The van der Waals surface area contributed by atoms with Gasteiger partial charge in [0.05, 0.1) is 0 Å². The fourth-order valence-electron chi connectivity index (χ4n) is 2.26. The van der Waals surface area contributed by atoms with E-state index in [1.807, 2.05) is 12.1 Å². The Morgan fingerprint density at radius 1 is 1.10 bits per heavy atom. The molecule has 1 N–H and O–H groups in total. The van der Waals surface area contributed by atoms with Crippen LogP contribution in [-0.2, 0) is 16.1 Å². The molecule has 112 valence electrons. The fourth-order valence-corrected chi connectivity index (χ4v) is 2.38. The number of carbonyl (C=O) groups is 2. The van der Waals surface area contributed by atoms with Crippen LogP contribution < -0.4 is 5.32 Å². The number of hydrogen-bond donors (Lipinski definition) is 1. The van der Waals surface area contributed by atoms with Gasteiger partial charge >= 0.3 is 0 Å². The summed E-state index contributed by atoms with van der Waals surface area (Å²) in [5, 5.41) is 3.25. The molecule has 0 heterocycles. The normalized spacial score (nSPS) is 14.6. The highest BCUT2D eigenvalue weighted by atomic mass is 35.5. The third-order valence-corrected chi connectivity index (χ3v) is 3.75. The van der Waals surface area contributed by atoms with Crippen molar-refractivity contribution in [2.24, 2.45) is 4.99 Å². The van der Waals surface area contributed by atoms with Crippen molar-refractivity contribution in [2.75, 3.05) is 6.54 Å². The predicted molar refractivity (Wildman–Crippen MR) is 83.7 cm³/mol. The first-order chi connectivity index (χ1) is 10.1. The first-order valence-electron chi connectivity index (χ1n) is 7.23. The Morgan fingerprint density at radius 3 is 2.43 bits per heavy atom. The van der Waals surface area contributed by atoms with E-state index in [0.717, 1.165) is 37.0 Å². The molecule has 1 saturated carbocycles. The van der Waals surface area contributed by atoms with Crippen LogP contribution in [0, 0.1) is 0 Å². The van der Waals surface area contributed by atoms with Crippen molar-refractivity contribution in [1.82, 2.24) is 5.32 Å². The van der Waals surface area contributed by atoms with Crippen LogP contribution in [0.3, 0.4) is 0 Å². The van der Waals surface area contributed by atoms with Crippen molar-refractivity contribution in [3.05, 3.63) is 34.9 Å². The van der Waals surface area contributed by atoms with Crippen LogP contribution in [0.25, 0.3) is 0 Å². The molecule has 0 aliphatic heterocycles. The summed E-state index contributed by atoms with van der Waals surface area (Å²) in [6, 6.07) is 7.13. The van der Waals surface area contributed by atoms with Crippen molar-refractivity contribution in [3.8, 4) is 0 Å². The van der Waals surface area contributed by atoms with Gasteiger partial charge in [0.15, 0.2) is 0 Å². The van der Waals surface area contributed by atoms with Gasteiger partial charge in [-0.1, -0.05) is 30.2 Å². The van der Waals surface area contributed by atoms with E-state index < -0.39 is 11.7 Å². The minimum absolute atomic E-state index is 0.0399. The van der Waals surface area contributed by atoms with Crippen molar-refractivity contribution in [1.29, 1.82) is 0 Å². The monoisotopic (exact) mass is 306 g/mol. The smallest absolute Gasteiger partial charge is 0.289 e. The standard InChI is InChI=1S/C16H19ClN2O2/c17-13-8-6-12(7-9-13)10-19-16(21)15(20)11-18-14-4-2-1-3-5-14/h6-9H,1-5,10-11H2,(H,19,21). The van der Waals surface area contributed by atoms with E-state index in [0.29, 0.717) is 11.6 Å². The quantitative estimate of drug-likeness (QED) is 0.850. The van der Waals surface area contributed by atoms with Gasteiger partial charge in [-0.25, -0.2) is 0 Å². The predicted octanol–water partition coefficient (Wildman–Crippen LogP) is 2.93. The number of Topliss-reactive ketones (excluding diaryl/α,β-unsaturated/α-hetero) is 1. The maximum absolute atomic E-state index is 11.7. The van der Waals surface area contributed by atoms with Gasteiger partial charge in [-0.05, 0) is 43.4 Å². The summed E-state index contributed by atoms with van der Waals surface area (Å²) in [4.78, 5) is 27.7. The number of carbonyl (C=O) groups excluding carboxylic acids is 2. The summed E-state index contributed by atoms with van der Waals surface area (Å²) in [7, 11) is 0. The Bertz CT molecular complexity index is 530. The van der Waals surface area contributed by atoms with Gasteiger partial charge in [-0.15, -0.1) is 0 Å². The summed E-state index contributed by atoms with van der Waals surface area (Å²) in [5.74, 6) is -1.06. The molecule has 1 aliphatic carbocycles. The number of nitrogens with one attached hydrogen (secondary N) is 1. The zero-order valence-corrected chi connectivity index (χ0v) is 12.7. The highest BCUT2D eigenvalue weighted by molar-refractivity contribution is 6.37. The van der Waals surface area contributed by atoms with Crippen molar-refractivity contribution in [2.45, 2.75) is 38.6 Å². The highest BCUT2D eigenvalue weighted by Gasteiger charge is 2.13. The second-order valence-corrected chi connectivity index (χ2v) is 5.61. The molecule has 1 aromatic carbocycles. The van der Waals surface area contributed by atoms with E-state index in [9.17, 15) is 9.59 Å². The Hall–Kier alpha value is -1.68. The zero-order chi connectivity index (χ0) is 15.1. The largest absolute Gasteiger partial charge is 0.345 e. The lowest BCUT2D eigenvalue weighted by molar-refractivity contribution is -0.137. The van der Waals surface area contributed by atoms with Crippen molar-refractivity contribution < 1.29 is 9.59 Å². The van der Waals surface area contributed by atoms with Crippen LogP contribution >= 0.6 is 11.6 Å². The number of rotatable bonds is 5. The molecule has 0 bridgehead atoms. The highest BCUT2D eigenvalue weighted by Crippen LogP contribution is 2.14. The molecular weight excluding hydrogens is 288 g/mol. The van der Waals surface area contributed by atoms with E-state index in [2.05, 4.69) is 10.3 Å². The summed E-state index contributed by atoms with van der Waals surface area (Å²) < 4.78 is 0. The van der Waals surface area contributed by atoms with Gasteiger partial charge in [-0.2, -0.15) is 0 Å². The van der Waals surface area contributed by atoms with Gasteiger partial charge < -0.3 is 5.32 Å². The van der Waals surface area contributed by atoms with Crippen molar-refractivity contribution in [3.63, 3.8) is 0 Å². The molecule has 1 aliphatic rings. The topological polar surface area (TPSA) is 58.5 Å². The minimum atomic E-state index is -0.579. The van der Waals surface area contributed by atoms with Gasteiger partial charge in [0.1, 0.15) is 6.54 Å². The number of halogens is 1. The Kier molecular flexibility index (Phi) is 5.93. The lowest BCUT2D eigenvalue weighted by atomic mass is 9.98. The number of ketones is 1. The number of aliphatic imine (C=N–C) groups is 1. The molecule has 1 fully saturated rings. The van der Waals surface area contributed by atoms with Gasteiger partial charge in [-0.3, -0.25) is 14.6 Å². The van der Waals surface area contributed by atoms with E-state index >= 15 is 0 Å². The molecule has 0 radical (unpaired) electrons. The molecule has 5 heteroatoms. The number of nitrogens with zero attached hydrogens (tertiary/aromatic N) is 1. The average molecular weight is 307 g/mol. The minimum Gasteiger partial charge on any atom is -0.345 e. The molecule has 0 atom stereocenters. The number of hydrogen-bond acceptors (Lipinski definition) is 3. The molecule has 2 rings (SSSR count). The summed E-state index contributed by atoms with van der Waals surface area (Å²) >= 11 is 5.78. The third kappa shape index (κ3) is 5.31. The molecule has 21 heavy (non-hydrogen) atoms. The van der Waals surface area contributed by atoms with Crippen LogP contribution in [0.5, 0.6) is 0 Å². The van der Waals surface area contributed by atoms with Crippen LogP contribution in [0.1, 0.15) is 37.7 Å². The molecular formula is C16H19ClN2O2. The SMILES string of the molecule is O=C(CN=C1CCCCC1)C(=O)NCc1ccc(Cl)cc1. The molecule has 0 aromatic heterocycles. The first-order valence-corrected chi connectivity index (χ1v) is 7.60. The number of amides is 1. The third-order valence-electron chi connectivity index (χ3n) is 3.50. The Labute approximate surface area is 129 Å². The van der Waals surface area contributed by atoms with Crippen LogP contribution in [0.4, 0.5) is 0 Å². The summed E-state index contributed by atoms with van der Waals surface area (Å²) in [6.45, 7) is 0.278. The molecule has 1 amide bonds. The lowest BCUT2D eigenvalue weighted by Crippen LogP contribution is -2.32. The van der Waals surface area contributed by atoms with Crippen LogP contribution in [0.2, 0.25) is 5.02 Å². The number of benzene rings is 1. The molecule has 4 nitrogen and oxygen atoms in total. The molecule has 0 spiro atoms. The van der Waals surface area contributed by atoms with E-state index in [-0.39, 0.29) is 6.54 Å². The van der Waals surface area contributed by atoms with Gasteiger partial charge in [0, 0.05) is 17.3 Å². The first kappa shape index (κ1) is 15.7. The lowest BCUT2D eigenvalue weighted by Gasteiger charge is -2.11. The average Bonchev–Trinajstić information content (AvgIpc) is 2.52. The Balaban J connectivity index is 1.77. The second kappa shape index (κ2) is 7.93. The van der Waals surface area contributed by atoms with Crippen molar-refractivity contribution >= 4 is 29.0 Å². The van der Waals surface area contributed by atoms with Gasteiger partial charge in [0.25, 0.3) is 5.91 Å². The maximum atomic E-state index is 11.7. The molecule has 0 unspecified atom stereocenters. The van der Waals surface area contributed by atoms with Gasteiger partial charge in [0.2, 0.25) is 5.78 Å². The summed E-state index contributed by atoms with van der Waals surface area (Å²) in [5.41, 5.74) is 1.97. The van der Waals surface area contributed by atoms with E-state index in [4.69, 9.17) is 11.6 Å². The second-order valence-electron chi connectivity index (χ2n) is 5.18. The molecule has 0 saturated heterocycles.